The molecule has 0 aromatic heterocycles. The van der Waals surface area contributed by atoms with Gasteiger partial charge < -0.3 is 10.6 Å². The molecule has 0 aliphatic heterocycles. The number of hydrogen-bond donors (Lipinski definition) is 2. The lowest BCUT2D eigenvalue weighted by Gasteiger charge is -2.40. The van der Waals surface area contributed by atoms with Gasteiger partial charge in [-0.05, 0) is 104 Å². The summed E-state index contributed by atoms with van der Waals surface area (Å²) in [6.07, 6.45) is -11.7. The van der Waals surface area contributed by atoms with E-state index in [0.717, 1.165) is 38.1 Å². The maximum Gasteiger partial charge on any atom is 0.411 e. The fourth-order valence-electron chi connectivity index (χ4n) is 4.86. The average molecular weight is 728 g/mol. The number of alkyl halides is 6. The quantitative estimate of drug-likeness (QED) is 0.194. The summed E-state index contributed by atoms with van der Waals surface area (Å²) in [6.45, 7) is 2.23. The van der Waals surface area contributed by atoms with E-state index in [1.54, 1.807) is 36.4 Å². The van der Waals surface area contributed by atoms with Crippen LogP contribution in [0.15, 0.2) is 93.9 Å². The average Bonchev–Trinajstić information content (AvgIpc) is 2.95. The van der Waals surface area contributed by atoms with Crippen LogP contribution >= 0.6 is 31.9 Å². The van der Waals surface area contributed by atoms with E-state index in [2.05, 4.69) is 42.5 Å². The molecule has 12 heteroatoms. The van der Waals surface area contributed by atoms with E-state index >= 15 is 26.3 Å². The van der Waals surface area contributed by atoms with Gasteiger partial charge in [-0.2, -0.15) is 26.3 Å². The fraction of sp³-hybridized carbons (Fsp3) is 0.161. The van der Waals surface area contributed by atoms with Crippen LogP contribution in [0.3, 0.4) is 0 Å². The third kappa shape index (κ3) is 5.95. The van der Waals surface area contributed by atoms with Crippen LogP contribution < -0.4 is 10.6 Å². The molecule has 4 aromatic carbocycles. The summed E-state index contributed by atoms with van der Waals surface area (Å²) in [6, 6.07) is 19.3. The predicted molar refractivity (Wildman–Crippen MR) is 159 cm³/mol. The molecule has 0 saturated heterocycles. The Morgan fingerprint density at radius 2 is 0.884 bits per heavy atom. The van der Waals surface area contributed by atoms with Crippen LogP contribution in [0.25, 0.3) is 0 Å². The maximum atomic E-state index is 15.0. The smallest absolute Gasteiger partial charge is 0.321 e. The van der Waals surface area contributed by atoms with Gasteiger partial charge >= 0.3 is 12.4 Å². The van der Waals surface area contributed by atoms with E-state index in [0.29, 0.717) is 0 Å². The van der Waals surface area contributed by atoms with E-state index in [9.17, 15) is 9.59 Å². The molecule has 0 radical (unpaired) electrons. The predicted octanol–water partition coefficient (Wildman–Crippen LogP) is 9.74. The molecule has 0 atom stereocenters. The number of hydrogen-bond acceptors (Lipinski definition) is 2. The number of halogens is 8. The molecule has 0 bridgehead atoms. The second-order valence-electron chi connectivity index (χ2n) is 9.59. The topological polar surface area (TPSA) is 58.2 Å². The number of amides is 2. The summed E-state index contributed by atoms with van der Waals surface area (Å²) in [7, 11) is 0. The number of rotatable bonds is 6. The lowest BCUT2D eigenvalue weighted by Crippen LogP contribution is -2.55. The van der Waals surface area contributed by atoms with E-state index in [-0.39, 0.29) is 42.6 Å². The summed E-state index contributed by atoms with van der Waals surface area (Å²) < 4.78 is 90.0. The van der Waals surface area contributed by atoms with Crippen molar-refractivity contribution < 1.29 is 35.9 Å². The molecule has 0 fully saturated rings. The minimum Gasteiger partial charge on any atom is -0.321 e. The first-order valence-corrected chi connectivity index (χ1v) is 14.1. The zero-order valence-electron chi connectivity index (χ0n) is 22.4. The Bertz CT molecular complexity index is 1550. The van der Waals surface area contributed by atoms with Gasteiger partial charge in [-0.25, -0.2) is 0 Å². The zero-order valence-corrected chi connectivity index (χ0v) is 25.6. The van der Waals surface area contributed by atoms with Crippen LogP contribution in [0, 0.1) is 13.8 Å². The second-order valence-corrected chi connectivity index (χ2v) is 11.2. The van der Waals surface area contributed by atoms with E-state index in [4.69, 9.17) is 0 Å². The molecule has 4 aromatic rings. The Balaban J connectivity index is 1.87. The standard InChI is InChI=1S/C31H22Br2F6N2O2/c1-17-21(13-15-23(25(17)32)40-27(42)19-9-5-3-6-10-19)29(30(34,35)36,31(37,38)39)22-14-16-24(26(33)18(22)2)41-28(43)20-11-7-4-8-12-20/h3-16H,1-2H3,(H,40,42)(H,41,43). The molecule has 224 valence electrons. The fourth-order valence-corrected chi connectivity index (χ4v) is 5.75. The molecule has 2 amide bonds. The summed E-state index contributed by atoms with van der Waals surface area (Å²) in [4.78, 5) is 25.3. The third-order valence-corrected chi connectivity index (χ3v) is 9.04. The third-order valence-electron chi connectivity index (χ3n) is 7.00. The molecular weight excluding hydrogens is 706 g/mol. The number of carbonyl (C=O) groups is 2. The maximum absolute atomic E-state index is 15.0. The molecule has 0 unspecified atom stereocenters. The summed E-state index contributed by atoms with van der Waals surface area (Å²) in [5.74, 6) is -1.20. The van der Waals surface area contributed by atoms with Crippen molar-refractivity contribution in [3.05, 3.63) is 127 Å². The first-order chi connectivity index (χ1) is 20.1. The van der Waals surface area contributed by atoms with Gasteiger partial charge in [-0.1, -0.05) is 48.5 Å². The van der Waals surface area contributed by atoms with Gasteiger partial charge in [0.1, 0.15) is 0 Å². The van der Waals surface area contributed by atoms with Gasteiger partial charge in [0.15, 0.2) is 0 Å². The van der Waals surface area contributed by atoms with Crippen molar-refractivity contribution in [1.82, 2.24) is 0 Å². The molecule has 2 N–H and O–H groups in total. The monoisotopic (exact) mass is 726 g/mol. The number of anilines is 2. The minimum absolute atomic E-state index is 0.00905. The van der Waals surface area contributed by atoms with Crippen molar-refractivity contribution in [1.29, 1.82) is 0 Å². The molecule has 0 aliphatic carbocycles. The van der Waals surface area contributed by atoms with Gasteiger partial charge in [0, 0.05) is 20.1 Å². The van der Waals surface area contributed by atoms with Gasteiger partial charge in [0.2, 0.25) is 5.41 Å². The van der Waals surface area contributed by atoms with Crippen molar-refractivity contribution in [3.8, 4) is 0 Å². The number of benzene rings is 4. The molecule has 0 spiro atoms. The highest BCUT2D eigenvalue weighted by atomic mass is 79.9. The van der Waals surface area contributed by atoms with Crippen molar-refractivity contribution in [2.75, 3.05) is 10.6 Å². The minimum atomic E-state index is -5.86. The van der Waals surface area contributed by atoms with Crippen LogP contribution in [-0.2, 0) is 5.41 Å². The van der Waals surface area contributed by atoms with Crippen molar-refractivity contribution in [2.45, 2.75) is 31.6 Å². The van der Waals surface area contributed by atoms with Crippen molar-refractivity contribution >= 4 is 55.0 Å². The van der Waals surface area contributed by atoms with Crippen LogP contribution in [0.2, 0.25) is 0 Å². The Kier molecular flexibility index (Phi) is 9.13. The van der Waals surface area contributed by atoms with E-state index < -0.39 is 40.7 Å². The molecule has 0 heterocycles. The highest BCUT2D eigenvalue weighted by molar-refractivity contribution is 9.11. The molecule has 4 nitrogen and oxygen atoms in total. The Hall–Kier alpha value is -3.64. The number of nitrogens with one attached hydrogen (secondary N) is 2. The molecule has 43 heavy (non-hydrogen) atoms. The highest BCUT2D eigenvalue weighted by Gasteiger charge is 2.73. The lowest BCUT2D eigenvalue weighted by molar-refractivity contribution is -0.289. The lowest BCUT2D eigenvalue weighted by atomic mass is 9.70. The van der Waals surface area contributed by atoms with Crippen LogP contribution in [0.5, 0.6) is 0 Å². The van der Waals surface area contributed by atoms with Gasteiger partial charge in [-0.15, -0.1) is 0 Å². The SMILES string of the molecule is Cc1c(C(c2ccc(NC(=O)c3ccccc3)c(Br)c2C)(C(F)(F)F)C(F)(F)F)ccc(NC(=O)c2ccccc2)c1Br. The Labute approximate surface area is 259 Å². The Morgan fingerprint density at radius 1 is 0.558 bits per heavy atom. The highest BCUT2D eigenvalue weighted by Crippen LogP contribution is 2.59. The first kappa shape index (κ1) is 32.3. The molecule has 4 rings (SSSR count). The summed E-state index contributed by atoms with van der Waals surface area (Å²) in [5, 5.41) is 5.05. The molecule has 0 aliphatic rings. The normalized spacial score (nSPS) is 12.1. The van der Waals surface area contributed by atoms with Crippen LogP contribution in [0.1, 0.15) is 43.0 Å². The summed E-state index contributed by atoms with van der Waals surface area (Å²) in [5.41, 5.74) is -6.90. The molecular formula is C31H22Br2F6N2O2. The van der Waals surface area contributed by atoms with Gasteiger partial charge in [0.25, 0.3) is 11.8 Å². The van der Waals surface area contributed by atoms with Crippen LogP contribution in [-0.4, -0.2) is 24.2 Å². The first-order valence-electron chi connectivity index (χ1n) is 12.6. The van der Waals surface area contributed by atoms with Gasteiger partial charge in [-0.3, -0.25) is 9.59 Å². The second kappa shape index (κ2) is 12.2. The van der Waals surface area contributed by atoms with Crippen molar-refractivity contribution in [3.63, 3.8) is 0 Å². The van der Waals surface area contributed by atoms with Gasteiger partial charge in [0.05, 0.1) is 11.4 Å². The van der Waals surface area contributed by atoms with Crippen molar-refractivity contribution in [2.24, 2.45) is 0 Å². The van der Waals surface area contributed by atoms with Crippen LogP contribution in [0.4, 0.5) is 37.7 Å². The molecule has 0 saturated carbocycles. The largest absolute Gasteiger partial charge is 0.411 e. The zero-order chi connectivity index (χ0) is 31.7. The van der Waals surface area contributed by atoms with E-state index in [1.807, 2.05) is 0 Å². The number of carbonyl (C=O) groups excluding carboxylic acids is 2. The Morgan fingerprint density at radius 3 is 1.19 bits per heavy atom. The van der Waals surface area contributed by atoms with E-state index in [1.165, 1.54) is 24.3 Å². The summed E-state index contributed by atoms with van der Waals surface area (Å²) >= 11 is 6.24.